The van der Waals surface area contributed by atoms with E-state index < -0.39 is 0 Å². The van der Waals surface area contributed by atoms with Gasteiger partial charge in [-0.2, -0.15) is 9.36 Å². The van der Waals surface area contributed by atoms with Crippen LogP contribution in [0, 0.1) is 6.92 Å². The van der Waals surface area contributed by atoms with Crippen LogP contribution in [0.4, 0.5) is 0 Å². The summed E-state index contributed by atoms with van der Waals surface area (Å²) in [5.74, 6) is 0.816. The summed E-state index contributed by atoms with van der Waals surface area (Å²) in [4.78, 5) is 13.4. The van der Waals surface area contributed by atoms with Crippen molar-refractivity contribution in [3.63, 3.8) is 0 Å². The molecule has 0 N–H and O–H groups in total. The molecule has 4 aromatic rings. The van der Waals surface area contributed by atoms with E-state index in [0.717, 1.165) is 16.9 Å². The van der Waals surface area contributed by atoms with Gasteiger partial charge in [0, 0.05) is 17.5 Å². The molecule has 0 aliphatic rings. The van der Waals surface area contributed by atoms with Crippen molar-refractivity contribution in [1.82, 2.24) is 19.8 Å². The first kappa shape index (κ1) is 17.2. The number of aryl methyl sites for hydroxylation is 2. The molecule has 2 aromatic heterocycles. The average molecular weight is 378 g/mol. The highest BCUT2D eigenvalue weighted by Crippen LogP contribution is 2.29. The fourth-order valence-corrected chi connectivity index (χ4v) is 3.59. The predicted octanol–water partition coefficient (Wildman–Crippen LogP) is 3.58. The highest BCUT2D eigenvalue weighted by atomic mass is 32.1. The minimum absolute atomic E-state index is 0.293. The molecular weight excluding hydrogens is 360 g/mol. The predicted molar refractivity (Wildman–Crippen MR) is 105 cm³/mol. The lowest BCUT2D eigenvalue weighted by atomic mass is 10.1. The molecule has 0 atom stereocenters. The first-order valence-electron chi connectivity index (χ1n) is 8.48. The average Bonchev–Trinajstić information content (AvgIpc) is 3.32. The van der Waals surface area contributed by atoms with Gasteiger partial charge in [-0.3, -0.25) is 0 Å². The summed E-state index contributed by atoms with van der Waals surface area (Å²) in [6.07, 6.45) is 0. The molecule has 7 heteroatoms. The van der Waals surface area contributed by atoms with Crippen LogP contribution < -0.4 is 10.4 Å². The molecule has 0 aliphatic carbocycles. The van der Waals surface area contributed by atoms with Gasteiger partial charge in [-0.15, -0.1) is 11.3 Å². The van der Waals surface area contributed by atoms with Crippen molar-refractivity contribution in [2.45, 2.75) is 13.5 Å². The quantitative estimate of drug-likeness (QED) is 0.532. The van der Waals surface area contributed by atoms with E-state index in [1.54, 1.807) is 18.4 Å². The number of aromatic nitrogens is 4. The first-order valence-corrected chi connectivity index (χ1v) is 9.36. The maximum atomic E-state index is 12.2. The molecule has 0 saturated carbocycles. The smallest absolute Gasteiger partial charge is 0.368 e. The van der Waals surface area contributed by atoms with Crippen molar-refractivity contribution in [3.8, 4) is 21.9 Å². The number of nitrogens with zero attached hydrogens (tertiary/aromatic N) is 4. The van der Waals surface area contributed by atoms with Gasteiger partial charge >= 0.3 is 5.69 Å². The summed E-state index contributed by atoms with van der Waals surface area (Å²) in [5.41, 5.74) is 3.49. The van der Waals surface area contributed by atoms with Gasteiger partial charge < -0.3 is 4.74 Å². The second-order valence-corrected chi connectivity index (χ2v) is 7.12. The molecule has 0 radical (unpaired) electrons. The Hall–Kier alpha value is -3.19. The Morgan fingerprint density at radius 1 is 1.07 bits per heavy atom. The molecule has 136 valence electrons. The van der Waals surface area contributed by atoms with E-state index in [-0.39, 0.29) is 5.69 Å². The summed E-state index contributed by atoms with van der Waals surface area (Å²) in [6.45, 7) is 2.36. The van der Waals surface area contributed by atoms with Crippen molar-refractivity contribution >= 4 is 11.3 Å². The maximum absolute atomic E-state index is 12.2. The van der Waals surface area contributed by atoms with Crippen LogP contribution in [0.2, 0.25) is 0 Å². The number of hydrogen-bond acceptors (Lipinski definition) is 5. The Kier molecular flexibility index (Phi) is 4.60. The SMILES string of the molecule is Cc1cc(-c2cccs2)ccc1OCc1ccccc1-n1nnn(C)c1=O. The van der Waals surface area contributed by atoms with E-state index in [0.29, 0.717) is 12.3 Å². The molecule has 4 rings (SSSR count). The van der Waals surface area contributed by atoms with E-state index in [9.17, 15) is 4.79 Å². The molecule has 0 spiro atoms. The minimum atomic E-state index is -0.293. The Morgan fingerprint density at radius 3 is 2.63 bits per heavy atom. The summed E-state index contributed by atoms with van der Waals surface area (Å²) in [7, 11) is 1.57. The van der Waals surface area contributed by atoms with Gasteiger partial charge in [0.05, 0.1) is 5.69 Å². The van der Waals surface area contributed by atoms with Crippen LogP contribution in [0.3, 0.4) is 0 Å². The lowest BCUT2D eigenvalue weighted by Crippen LogP contribution is -2.23. The number of rotatable bonds is 5. The third-order valence-corrected chi connectivity index (χ3v) is 5.22. The third-order valence-electron chi connectivity index (χ3n) is 4.31. The van der Waals surface area contributed by atoms with Gasteiger partial charge in [0.2, 0.25) is 0 Å². The van der Waals surface area contributed by atoms with E-state index in [4.69, 9.17) is 4.74 Å². The highest BCUT2D eigenvalue weighted by Gasteiger charge is 2.12. The summed E-state index contributed by atoms with van der Waals surface area (Å²) in [6, 6.07) is 17.9. The molecular formula is C20H18N4O2S. The number of ether oxygens (including phenoxy) is 1. The van der Waals surface area contributed by atoms with E-state index in [2.05, 4.69) is 34.0 Å². The van der Waals surface area contributed by atoms with Crippen LogP contribution >= 0.6 is 11.3 Å². The van der Waals surface area contributed by atoms with Gasteiger partial charge in [0.15, 0.2) is 0 Å². The minimum Gasteiger partial charge on any atom is -0.489 e. The zero-order valence-electron chi connectivity index (χ0n) is 15.0. The van der Waals surface area contributed by atoms with Crippen molar-refractivity contribution < 1.29 is 4.74 Å². The van der Waals surface area contributed by atoms with Gasteiger partial charge in [0.1, 0.15) is 12.4 Å². The molecule has 0 amide bonds. The topological polar surface area (TPSA) is 61.9 Å². The van der Waals surface area contributed by atoms with Crippen LogP contribution in [0.5, 0.6) is 5.75 Å². The molecule has 0 unspecified atom stereocenters. The van der Waals surface area contributed by atoms with Crippen molar-refractivity contribution in [3.05, 3.63) is 81.6 Å². The van der Waals surface area contributed by atoms with Crippen molar-refractivity contribution in [2.24, 2.45) is 7.05 Å². The zero-order valence-corrected chi connectivity index (χ0v) is 15.8. The summed E-state index contributed by atoms with van der Waals surface area (Å²) >= 11 is 1.72. The largest absolute Gasteiger partial charge is 0.489 e. The summed E-state index contributed by atoms with van der Waals surface area (Å²) < 4.78 is 8.52. The van der Waals surface area contributed by atoms with Crippen LogP contribution in [0.15, 0.2) is 64.8 Å². The lowest BCUT2D eigenvalue weighted by molar-refractivity contribution is 0.303. The van der Waals surface area contributed by atoms with Gasteiger partial charge in [-0.1, -0.05) is 24.3 Å². The normalized spacial score (nSPS) is 10.9. The fourth-order valence-electron chi connectivity index (χ4n) is 2.87. The second-order valence-electron chi connectivity index (χ2n) is 6.17. The van der Waals surface area contributed by atoms with Crippen LogP contribution in [-0.4, -0.2) is 19.8 Å². The maximum Gasteiger partial charge on any atom is 0.368 e. The van der Waals surface area contributed by atoms with Gasteiger partial charge in [-0.25, -0.2) is 4.79 Å². The Balaban J connectivity index is 1.58. The number of hydrogen-bond donors (Lipinski definition) is 0. The first-order chi connectivity index (χ1) is 13.1. The molecule has 0 fully saturated rings. The lowest BCUT2D eigenvalue weighted by Gasteiger charge is -2.12. The Bertz CT molecular complexity index is 1130. The number of tetrazole rings is 1. The van der Waals surface area contributed by atoms with Crippen LogP contribution in [-0.2, 0) is 13.7 Å². The number of thiophene rings is 1. The second kappa shape index (κ2) is 7.20. The monoisotopic (exact) mass is 378 g/mol. The van der Waals surface area contributed by atoms with Crippen LogP contribution in [0.1, 0.15) is 11.1 Å². The van der Waals surface area contributed by atoms with Gasteiger partial charge in [0.25, 0.3) is 0 Å². The van der Waals surface area contributed by atoms with E-state index in [1.807, 2.05) is 43.3 Å². The van der Waals surface area contributed by atoms with Gasteiger partial charge in [-0.05, 0) is 64.2 Å². The molecule has 27 heavy (non-hydrogen) atoms. The molecule has 2 aromatic carbocycles. The van der Waals surface area contributed by atoms with E-state index in [1.165, 1.54) is 19.8 Å². The van der Waals surface area contributed by atoms with Crippen LogP contribution in [0.25, 0.3) is 16.1 Å². The van der Waals surface area contributed by atoms with Crippen molar-refractivity contribution in [1.29, 1.82) is 0 Å². The summed E-state index contributed by atoms with van der Waals surface area (Å²) in [5, 5.41) is 9.77. The molecule has 0 saturated heterocycles. The molecule has 2 heterocycles. The Labute approximate surface area is 160 Å². The van der Waals surface area contributed by atoms with Crippen molar-refractivity contribution in [2.75, 3.05) is 0 Å². The number of para-hydroxylation sites is 1. The molecule has 0 bridgehead atoms. The standard InChI is InChI=1S/C20H18N4O2S/c1-14-12-15(19-8-5-11-27-19)9-10-18(14)26-13-16-6-3-4-7-17(16)24-20(25)23(2)21-22-24/h3-12H,13H2,1-2H3. The Morgan fingerprint density at radius 2 is 1.93 bits per heavy atom. The zero-order chi connectivity index (χ0) is 18.8. The third kappa shape index (κ3) is 3.41. The molecule has 0 aliphatic heterocycles. The number of benzene rings is 2. The van der Waals surface area contributed by atoms with E-state index >= 15 is 0 Å². The highest BCUT2D eigenvalue weighted by molar-refractivity contribution is 7.13. The molecule has 6 nitrogen and oxygen atoms in total. The fraction of sp³-hybridized carbons (Fsp3) is 0.150.